The SMILES string of the molecule is CC(C)OCCNCc1cccc(F)c1Cl. The Morgan fingerprint density at radius 2 is 2.19 bits per heavy atom. The third-order valence-electron chi connectivity index (χ3n) is 2.08. The molecule has 0 saturated carbocycles. The zero-order valence-electron chi connectivity index (χ0n) is 9.59. The largest absolute Gasteiger partial charge is 0.377 e. The van der Waals surface area contributed by atoms with Crippen molar-refractivity contribution >= 4 is 11.6 Å². The van der Waals surface area contributed by atoms with Crippen molar-refractivity contribution in [2.45, 2.75) is 26.5 Å². The monoisotopic (exact) mass is 245 g/mol. The van der Waals surface area contributed by atoms with Crippen molar-refractivity contribution in [1.29, 1.82) is 0 Å². The molecule has 1 N–H and O–H groups in total. The second-order valence-corrected chi connectivity index (χ2v) is 4.19. The van der Waals surface area contributed by atoms with Crippen molar-refractivity contribution in [2.75, 3.05) is 13.2 Å². The van der Waals surface area contributed by atoms with Gasteiger partial charge in [-0.3, -0.25) is 0 Å². The minimum atomic E-state index is -0.376. The van der Waals surface area contributed by atoms with Gasteiger partial charge in [-0.1, -0.05) is 23.7 Å². The van der Waals surface area contributed by atoms with Gasteiger partial charge in [0, 0.05) is 13.1 Å². The highest BCUT2D eigenvalue weighted by Gasteiger charge is 2.04. The number of ether oxygens (including phenoxy) is 1. The van der Waals surface area contributed by atoms with Crippen LogP contribution in [-0.2, 0) is 11.3 Å². The number of nitrogens with one attached hydrogen (secondary N) is 1. The lowest BCUT2D eigenvalue weighted by Gasteiger charge is -2.09. The topological polar surface area (TPSA) is 21.3 Å². The molecular formula is C12H17ClFNO. The van der Waals surface area contributed by atoms with E-state index in [0.717, 1.165) is 12.1 Å². The predicted octanol–water partition coefficient (Wildman–Crippen LogP) is 2.99. The van der Waals surface area contributed by atoms with Gasteiger partial charge in [0.2, 0.25) is 0 Å². The molecule has 0 unspecified atom stereocenters. The van der Waals surface area contributed by atoms with Crippen LogP contribution in [0.4, 0.5) is 4.39 Å². The van der Waals surface area contributed by atoms with E-state index < -0.39 is 0 Å². The molecule has 1 aromatic rings. The van der Waals surface area contributed by atoms with E-state index in [1.165, 1.54) is 6.07 Å². The average molecular weight is 246 g/mol. The fourth-order valence-electron chi connectivity index (χ4n) is 1.27. The Labute approximate surface area is 101 Å². The number of hydrogen-bond donors (Lipinski definition) is 1. The summed E-state index contributed by atoms with van der Waals surface area (Å²) >= 11 is 5.81. The predicted molar refractivity (Wildman–Crippen MR) is 64.2 cm³/mol. The van der Waals surface area contributed by atoms with Crippen LogP contribution in [0.3, 0.4) is 0 Å². The summed E-state index contributed by atoms with van der Waals surface area (Å²) in [6.07, 6.45) is 0.236. The van der Waals surface area contributed by atoms with Gasteiger partial charge < -0.3 is 10.1 Å². The first-order chi connectivity index (χ1) is 7.61. The first-order valence-electron chi connectivity index (χ1n) is 5.36. The van der Waals surface area contributed by atoms with Crippen LogP contribution in [0.1, 0.15) is 19.4 Å². The van der Waals surface area contributed by atoms with Gasteiger partial charge in [0.15, 0.2) is 0 Å². The van der Waals surface area contributed by atoms with Crippen molar-refractivity contribution in [1.82, 2.24) is 5.32 Å². The van der Waals surface area contributed by atoms with E-state index in [0.29, 0.717) is 13.2 Å². The molecule has 0 aliphatic rings. The molecule has 0 saturated heterocycles. The molecule has 1 aromatic carbocycles. The molecule has 0 aliphatic carbocycles. The highest BCUT2D eigenvalue weighted by molar-refractivity contribution is 6.31. The highest BCUT2D eigenvalue weighted by atomic mass is 35.5. The van der Waals surface area contributed by atoms with Crippen molar-refractivity contribution < 1.29 is 9.13 Å². The molecule has 0 radical (unpaired) electrons. The molecular weight excluding hydrogens is 229 g/mol. The van der Waals surface area contributed by atoms with Crippen molar-refractivity contribution in [3.63, 3.8) is 0 Å². The highest BCUT2D eigenvalue weighted by Crippen LogP contribution is 2.19. The maximum absolute atomic E-state index is 13.1. The number of hydrogen-bond acceptors (Lipinski definition) is 2. The van der Waals surface area contributed by atoms with Crippen molar-refractivity contribution in [3.8, 4) is 0 Å². The van der Waals surface area contributed by atoms with Gasteiger partial charge in [0.05, 0.1) is 17.7 Å². The van der Waals surface area contributed by atoms with Gasteiger partial charge in [-0.15, -0.1) is 0 Å². The third kappa shape index (κ3) is 4.47. The van der Waals surface area contributed by atoms with E-state index in [9.17, 15) is 4.39 Å². The zero-order valence-corrected chi connectivity index (χ0v) is 10.4. The van der Waals surface area contributed by atoms with Crippen molar-refractivity contribution in [2.24, 2.45) is 0 Å². The minimum Gasteiger partial charge on any atom is -0.377 e. The van der Waals surface area contributed by atoms with Gasteiger partial charge in [-0.05, 0) is 25.5 Å². The van der Waals surface area contributed by atoms with Crippen molar-refractivity contribution in [3.05, 3.63) is 34.6 Å². The smallest absolute Gasteiger partial charge is 0.142 e. The van der Waals surface area contributed by atoms with E-state index >= 15 is 0 Å². The molecule has 0 aromatic heterocycles. The quantitative estimate of drug-likeness (QED) is 0.778. The first-order valence-corrected chi connectivity index (χ1v) is 5.74. The summed E-state index contributed by atoms with van der Waals surface area (Å²) in [6, 6.07) is 4.82. The normalized spacial score (nSPS) is 11.1. The first kappa shape index (κ1) is 13.4. The maximum Gasteiger partial charge on any atom is 0.142 e. The van der Waals surface area contributed by atoms with Crippen LogP contribution >= 0.6 is 11.6 Å². The van der Waals surface area contributed by atoms with E-state index in [4.69, 9.17) is 16.3 Å². The Kier molecular flexibility index (Phi) is 5.74. The van der Waals surface area contributed by atoms with Crippen LogP contribution in [0.5, 0.6) is 0 Å². The molecule has 2 nitrogen and oxygen atoms in total. The lowest BCUT2D eigenvalue weighted by atomic mass is 10.2. The molecule has 0 atom stereocenters. The summed E-state index contributed by atoms with van der Waals surface area (Å²) in [5.41, 5.74) is 0.770. The molecule has 0 bridgehead atoms. The Morgan fingerprint density at radius 3 is 2.88 bits per heavy atom. The van der Waals surface area contributed by atoms with E-state index in [1.807, 2.05) is 19.9 Å². The standard InChI is InChI=1S/C12H17ClFNO/c1-9(2)16-7-6-15-8-10-4-3-5-11(14)12(10)13/h3-5,9,15H,6-8H2,1-2H3. The molecule has 16 heavy (non-hydrogen) atoms. The Morgan fingerprint density at radius 1 is 1.44 bits per heavy atom. The summed E-state index contributed by atoms with van der Waals surface area (Å²) in [4.78, 5) is 0. The Balaban J connectivity index is 2.29. The fourth-order valence-corrected chi connectivity index (χ4v) is 1.47. The number of rotatable bonds is 6. The molecule has 0 heterocycles. The van der Waals surface area contributed by atoms with Gasteiger partial charge in [-0.25, -0.2) is 4.39 Å². The lowest BCUT2D eigenvalue weighted by Crippen LogP contribution is -2.21. The second kappa shape index (κ2) is 6.84. The van der Waals surface area contributed by atoms with Gasteiger partial charge >= 0.3 is 0 Å². The van der Waals surface area contributed by atoms with Gasteiger partial charge in [0.1, 0.15) is 5.82 Å². The second-order valence-electron chi connectivity index (χ2n) is 3.81. The Hall–Kier alpha value is -0.640. The molecule has 0 spiro atoms. The lowest BCUT2D eigenvalue weighted by molar-refractivity contribution is 0.0807. The summed E-state index contributed by atoms with van der Waals surface area (Å²) in [7, 11) is 0. The van der Waals surface area contributed by atoms with Crippen LogP contribution in [0.15, 0.2) is 18.2 Å². The summed E-state index contributed by atoms with van der Waals surface area (Å²) in [5, 5.41) is 3.34. The van der Waals surface area contributed by atoms with Gasteiger partial charge in [-0.2, -0.15) is 0 Å². The number of halogens is 2. The summed E-state index contributed by atoms with van der Waals surface area (Å²) in [5.74, 6) is -0.376. The van der Waals surface area contributed by atoms with Gasteiger partial charge in [0.25, 0.3) is 0 Å². The average Bonchev–Trinajstić information content (AvgIpc) is 2.23. The molecule has 4 heteroatoms. The van der Waals surface area contributed by atoms with E-state index in [-0.39, 0.29) is 16.9 Å². The van der Waals surface area contributed by atoms with Crippen LogP contribution in [-0.4, -0.2) is 19.3 Å². The van der Waals surface area contributed by atoms with Crippen LogP contribution in [0.25, 0.3) is 0 Å². The Bertz CT molecular complexity index is 331. The van der Waals surface area contributed by atoms with E-state index in [1.54, 1.807) is 6.07 Å². The maximum atomic E-state index is 13.1. The number of benzene rings is 1. The fraction of sp³-hybridized carbons (Fsp3) is 0.500. The molecule has 1 rings (SSSR count). The van der Waals surface area contributed by atoms with Crippen LogP contribution in [0, 0.1) is 5.82 Å². The van der Waals surface area contributed by atoms with Crippen LogP contribution in [0.2, 0.25) is 5.02 Å². The van der Waals surface area contributed by atoms with E-state index in [2.05, 4.69) is 5.32 Å². The summed E-state index contributed by atoms with van der Waals surface area (Å²) in [6.45, 7) is 5.90. The molecule has 0 fully saturated rings. The van der Waals surface area contributed by atoms with Crippen LogP contribution < -0.4 is 5.32 Å². The molecule has 90 valence electrons. The third-order valence-corrected chi connectivity index (χ3v) is 2.50. The summed E-state index contributed by atoms with van der Waals surface area (Å²) < 4.78 is 18.4. The molecule has 0 amide bonds. The molecule has 0 aliphatic heterocycles. The zero-order chi connectivity index (χ0) is 12.0. The minimum absolute atomic E-state index is 0.194.